The van der Waals surface area contributed by atoms with Gasteiger partial charge in [0.1, 0.15) is 35.3 Å². The summed E-state index contributed by atoms with van der Waals surface area (Å²) in [5, 5.41) is 19.4. The monoisotopic (exact) mass is 713 g/mol. The normalized spacial score (nSPS) is 24.3. The Balaban J connectivity index is 1.27. The maximum atomic E-state index is 14.1. The van der Waals surface area contributed by atoms with Crippen molar-refractivity contribution in [2.45, 2.75) is 75.8 Å². The van der Waals surface area contributed by atoms with Crippen LogP contribution in [0.5, 0.6) is 11.5 Å². The fourth-order valence-corrected chi connectivity index (χ4v) is 7.15. The summed E-state index contributed by atoms with van der Waals surface area (Å²) in [6.07, 6.45) is 2.75. The van der Waals surface area contributed by atoms with E-state index in [4.69, 9.17) is 19.2 Å². The highest BCUT2D eigenvalue weighted by atomic mass is 16.5. The summed E-state index contributed by atoms with van der Waals surface area (Å²) in [5.41, 5.74) is 0.723. The van der Waals surface area contributed by atoms with Crippen LogP contribution >= 0.6 is 0 Å². The van der Waals surface area contributed by atoms with Gasteiger partial charge in [0.25, 0.3) is 0 Å². The fourth-order valence-electron chi connectivity index (χ4n) is 7.15. The molecule has 3 aliphatic rings. The van der Waals surface area contributed by atoms with Gasteiger partial charge in [0.2, 0.25) is 11.8 Å². The number of pyridine rings is 1. The van der Waals surface area contributed by atoms with E-state index in [1.54, 1.807) is 7.11 Å². The third-order valence-electron chi connectivity index (χ3n) is 10.0. The first kappa shape index (κ1) is 36.6. The van der Waals surface area contributed by atoms with Crippen molar-refractivity contribution in [1.29, 1.82) is 0 Å². The highest BCUT2D eigenvalue weighted by Crippen LogP contribution is 2.45. The Morgan fingerprint density at radius 1 is 1.13 bits per heavy atom. The lowest BCUT2D eigenvalue weighted by molar-refractivity contribution is -0.144. The molecule has 2 saturated heterocycles. The summed E-state index contributed by atoms with van der Waals surface area (Å²) in [6, 6.07) is 15.0. The van der Waals surface area contributed by atoms with E-state index in [2.05, 4.69) is 22.5 Å². The molecule has 52 heavy (non-hydrogen) atoms. The number of fused-ring (bicyclic) bond motifs is 1. The molecule has 1 aromatic heterocycles. The molecular formula is C39H47N5O8. The van der Waals surface area contributed by atoms with Crippen molar-refractivity contribution >= 4 is 34.7 Å². The second kappa shape index (κ2) is 15.6. The SMILES string of the molecule is C=C[C@@H]1C[C@]1(NC(=O)[C@@H]1C[C@@H](Oc2cc(-c3ccccc3)nc3cc(OC)ccc23)CN1C(=O)NC(CNC(=O)C1CCCO1)CC(C)C)C(=O)O. The molecule has 13 heteroatoms. The third kappa shape index (κ3) is 7.99. The summed E-state index contributed by atoms with van der Waals surface area (Å²) < 4.78 is 17.6. The first-order chi connectivity index (χ1) is 25.0. The predicted octanol–water partition coefficient (Wildman–Crippen LogP) is 4.30. The number of carboxylic acid groups (broad SMARTS) is 1. The van der Waals surface area contributed by atoms with Gasteiger partial charge in [0, 0.05) is 54.6 Å². The van der Waals surface area contributed by atoms with Crippen LogP contribution in [0.3, 0.4) is 0 Å². The molecule has 13 nitrogen and oxygen atoms in total. The number of amides is 4. The van der Waals surface area contributed by atoms with Gasteiger partial charge in [-0.05, 0) is 43.7 Å². The van der Waals surface area contributed by atoms with E-state index in [1.165, 1.54) is 11.0 Å². The molecule has 4 amide bonds. The van der Waals surface area contributed by atoms with E-state index in [0.29, 0.717) is 42.2 Å². The Morgan fingerprint density at radius 3 is 2.58 bits per heavy atom. The van der Waals surface area contributed by atoms with Crippen molar-refractivity contribution in [1.82, 2.24) is 25.8 Å². The van der Waals surface area contributed by atoms with Gasteiger partial charge in [0.05, 0.1) is 24.9 Å². The molecule has 6 rings (SSSR count). The van der Waals surface area contributed by atoms with E-state index in [0.717, 1.165) is 17.4 Å². The molecule has 0 radical (unpaired) electrons. The zero-order valence-corrected chi connectivity index (χ0v) is 29.8. The number of aromatic nitrogens is 1. The number of likely N-dealkylation sites (tertiary alicyclic amines) is 1. The molecule has 1 aliphatic carbocycles. The highest BCUT2D eigenvalue weighted by Gasteiger charge is 2.61. The van der Waals surface area contributed by atoms with Crippen LogP contribution in [-0.4, -0.2) is 95.4 Å². The molecule has 276 valence electrons. The molecule has 2 unspecified atom stereocenters. The molecule has 1 saturated carbocycles. The van der Waals surface area contributed by atoms with Gasteiger partial charge in [-0.1, -0.05) is 50.3 Å². The Morgan fingerprint density at radius 2 is 1.92 bits per heavy atom. The predicted molar refractivity (Wildman–Crippen MR) is 194 cm³/mol. The number of carbonyl (C=O) groups is 4. The number of carboxylic acids is 1. The molecule has 0 bridgehead atoms. The maximum Gasteiger partial charge on any atom is 0.330 e. The minimum absolute atomic E-state index is 0.0478. The number of urea groups is 1. The third-order valence-corrected chi connectivity index (χ3v) is 10.0. The summed E-state index contributed by atoms with van der Waals surface area (Å²) in [4.78, 5) is 59.3. The molecule has 0 spiro atoms. The van der Waals surface area contributed by atoms with Gasteiger partial charge in [-0.15, -0.1) is 6.58 Å². The summed E-state index contributed by atoms with van der Waals surface area (Å²) in [5.74, 6) is -1.05. The van der Waals surface area contributed by atoms with Crippen LogP contribution in [0.4, 0.5) is 4.79 Å². The number of nitrogens with zero attached hydrogens (tertiary/aromatic N) is 2. The number of carbonyl (C=O) groups excluding carboxylic acids is 3. The summed E-state index contributed by atoms with van der Waals surface area (Å²) in [7, 11) is 1.58. The molecular weight excluding hydrogens is 666 g/mol. The number of rotatable bonds is 14. The zero-order chi connectivity index (χ0) is 37.0. The van der Waals surface area contributed by atoms with Crippen molar-refractivity contribution in [2.75, 3.05) is 26.8 Å². The van der Waals surface area contributed by atoms with E-state index >= 15 is 0 Å². The minimum atomic E-state index is -1.47. The zero-order valence-electron chi connectivity index (χ0n) is 29.8. The lowest BCUT2D eigenvalue weighted by Crippen LogP contribution is -2.56. The molecule has 2 aromatic carbocycles. The van der Waals surface area contributed by atoms with Crippen molar-refractivity contribution in [3.63, 3.8) is 0 Å². The molecule has 6 atom stereocenters. The fraction of sp³-hybridized carbons (Fsp3) is 0.462. The lowest BCUT2D eigenvalue weighted by atomic mass is 10.0. The Kier molecular flexibility index (Phi) is 11.0. The standard InChI is InChI=1S/C39H47N5O8/c1-5-25-20-39(25,37(47)48)43-35(45)32-18-28(22-44(32)38(49)41-26(16-23(2)3)21-40-36(46)33-12-9-15-51-33)52-34-19-30(24-10-7-6-8-11-24)42-31-17-27(50-4)13-14-29(31)34/h5-8,10-11,13-14,17,19,23,25-26,28,32-33H,1,9,12,15-16,18,20-22H2,2-4H3,(H,40,46)(H,41,49)(H,43,45)(H,47,48)/t25-,26?,28-,32+,33?,39-/m1/s1. The molecule has 4 N–H and O–H groups in total. The van der Waals surface area contributed by atoms with Crippen LogP contribution < -0.4 is 25.4 Å². The Hall–Kier alpha value is -5.17. The van der Waals surface area contributed by atoms with Gasteiger partial charge in [-0.3, -0.25) is 9.59 Å². The average molecular weight is 714 g/mol. The molecule has 3 aromatic rings. The highest BCUT2D eigenvalue weighted by molar-refractivity contribution is 5.95. The van der Waals surface area contributed by atoms with Crippen LogP contribution in [-0.2, 0) is 19.1 Å². The van der Waals surface area contributed by atoms with Gasteiger partial charge >= 0.3 is 12.0 Å². The van der Waals surface area contributed by atoms with E-state index in [1.807, 2.05) is 68.4 Å². The second-order valence-corrected chi connectivity index (χ2v) is 14.2. The number of benzene rings is 2. The Labute approximate surface area is 303 Å². The van der Waals surface area contributed by atoms with Crippen LogP contribution in [0, 0.1) is 11.8 Å². The first-order valence-electron chi connectivity index (χ1n) is 17.9. The van der Waals surface area contributed by atoms with Crippen LogP contribution in [0.25, 0.3) is 22.2 Å². The Bertz CT molecular complexity index is 1810. The number of hydrogen-bond donors (Lipinski definition) is 4. The topological polar surface area (TPSA) is 168 Å². The maximum absolute atomic E-state index is 14.1. The smallest absolute Gasteiger partial charge is 0.330 e. The summed E-state index contributed by atoms with van der Waals surface area (Å²) in [6.45, 7) is 8.54. The van der Waals surface area contributed by atoms with Crippen LogP contribution in [0.15, 0.2) is 67.3 Å². The number of methoxy groups -OCH3 is 1. The van der Waals surface area contributed by atoms with E-state index in [9.17, 15) is 24.3 Å². The van der Waals surface area contributed by atoms with Crippen LogP contribution in [0.1, 0.15) is 46.0 Å². The van der Waals surface area contributed by atoms with E-state index in [-0.39, 0.29) is 37.8 Å². The molecule has 2 aliphatic heterocycles. The van der Waals surface area contributed by atoms with Crippen molar-refractivity contribution < 1.29 is 38.5 Å². The number of hydrogen-bond acceptors (Lipinski definition) is 8. The van der Waals surface area contributed by atoms with Gasteiger partial charge in [-0.2, -0.15) is 0 Å². The minimum Gasteiger partial charge on any atom is -0.497 e. The number of nitrogens with one attached hydrogen (secondary N) is 3. The lowest BCUT2D eigenvalue weighted by Gasteiger charge is -2.29. The largest absolute Gasteiger partial charge is 0.497 e. The van der Waals surface area contributed by atoms with Crippen molar-refractivity contribution in [3.8, 4) is 22.8 Å². The second-order valence-electron chi connectivity index (χ2n) is 14.2. The van der Waals surface area contributed by atoms with Gasteiger partial charge < -0.3 is 40.2 Å². The molecule has 3 fully saturated rings. The molecule has 3 heterocycles. The average Bonchev–Trinajstić information content (AvgIpc) is 3.43. The van der Waals surface area contributed by atoms with Gasteiger partial charge in [-0.25, -0.2) is 14.6 Å². The van der Waals surface area contributed by atoms with Crippen molar-refractivity contribution in [3.05, 3.63) is 67.3 Å². The summed E-state index contributed by atoms with van der Waals surface area (Å²) >= 11 is 0. The quantitative estimate of drug-likeness (QED) is 0.178. The number of ether oxygens (including phenoxy) is 3. The van der Waals surface area contributed by atoms with E-state index < -0.39 is 53.7 Å². The van der Waals surface area contributed by atoms with Crippen molar-refractivity contribution in [2.24, 2.45) is 11.8 Å². The number of aliphatic carboxylic acids is 1. The first-order valence-corrected chi connectivity index (χ1v) is 17.9. The van der Waals surface area contributed by atoms with Gasteiger partial charge in [0.15, 0.2) is 0 Å². The van der Waals surface area contributed by atoms with Crippen LogP contribution in [0.2, 0.25) is 0 Å².